The number of carbonyl (C=O) groups is 3. The second-order valence-electron chi connectivity index (χ2n) is 11.7. The number of alkyl halides is 3. The Bertz CT molecular complexity index is 1320. The first-order valence-corrected chi connectivity index (χ1v) is 14.8. The van der Waals surface area contributed by atoms with E-state index in [1.165, 1.54) is 12.5 Å². The van der Waals surface area contributed by atoms with Crippen LogP contribution in [0.2, 0.25) is 0 Å². The minimum Gasteiger partial charge on any atom is -0.487 e. The van der Waals surface area contributed by atoms with Gasteiger partial charge in [-0.15, -0.1) is 0 Å². The quantitative estimate of drug-likeness (QED) is 0.324. The van der Waals surface area contributed by atoms with Gasteiger partial charge >= 0.3 is 18.2 Å². The van der Waals surface area contributed by atoms with E-state index in [4.69, 9.17) is 4.74 Å². The van der Waals surface area contributed by atoms with Gasteiger partial charge in [0.05, 0.1) is 30.3 Å². The third-order valence-electron chi connectivity index (χ3n) is 8.13. The number of nitrogens with one attached hydrogen (secondary N) is 3. The lowest BCUT2D eigenvalue weighted by molar-refractivity contribution is -0.137. The van der Waals surface area contributed by atoms with Crippen molar-refractivity contribution in [2.75, 3.05) is 37.4 Å². The smallest absolute Gasteiger partial charge is 0.416 e. The standard InChI is InChI=1S/C31H40F3N5O5/c1-19-16-39(20(2)18-40)28(41)25-15-24(36-29(42)35-23-11-9-21(10-12-23)31(32,33)34)13-14-26(25)44-27(19)17-38(3)30(43)37-22-7-5-4-6-8-22/h9-15,19-20,22,27,40H,4-8,16-18H2,1-3H3,(H,37,43)(H2,35,36,42)/t19-,20+,27+/m1/s1. The van der Waals surface area contributed by atoms with Crippen LogP contribution in [0.1, 0.15) is 61.9 Å². The number of aliphatic hydroxyl groups excluding tert-OH is 1. The van der Waals surface area contributed by atoms with E-state index in [-0.39, 0.29) is 60.4 Å². The van der Waals surface area contributed by atoms with Crippen molar-refractivity contribution in [2.45, 2.75) is 70.3 Å². The van der Waals surface area contributed by atoms with Crippen LogP contribution in [0.5, 0.6) is 5.75 Å². The average molecular weight is 620 g/mol. The second kappa shape index (κ2) is 14.2. The Hall–Kier alpha value is -4.00. The molecule has 0 bridgehead atoms. The molecule has 2 aromatic carbocycles. The first kappa shape index (κ1) is 32.9. The molecule has 1 aliphatic carbocycles. The Morgan fingerprint density at radius 1 is 1.07 bits per heavy atom. The molecular formula is C31H40F3N5O5. The van der Waals surface area contributed by atoms with Gasteiger partial charge in [-0.2, -0.15) is 13.2 Å². The number of hydrogen-bond acceptors (Lipinski definition) is 5. The number of nitrogens with zero attached hydrogens (tertiary/aromatic N) is 2. The highest BCUT2D eigenvalue weighted by atomic mass is 19.4. The summed E-state index contributed by atoms with van der Waals surface area (Å²) in [6, 6.07) is 7.28. The van der Waals surface area contributed by atoms with Crippen LogP contribution in [-0.4, -0.2) is 77.8 Å². The van der Waals surface area contributed by atoms with Crippen molar-refractivity contribution in [3.8, 4) is 5.75 Å². The molecule has 3 atom stereocenters. The Morgan fingerprint density at radius 2 is 1.70 bits per heavy atom. The fourth-order valence-electron chi connectivity index (χ4n) is 5.44. The van der Waals surface area contributed by atoms with Crippen LogP contribution in [0.4, 0.5) is 34.1 Å². The number of halogens is 3. The minimum atomic E-state index is -4.49. The predicted molar refractivity (Wildman–Crippen MR) is 160 cm³/mol. The molecule has 4 rings (SSSR count). The summed E-state index contributed by atoms with van der Waals surface area (Å²) in [5, 5.41) is 18.1. The van der Waals surface area contributed by atoms with E-state index in [9.17, 15) is 32.7 Å². The summed E-state index contributed by atoms with van der Waals surface area (Å²) in [5.41, 5.74) is -0.286. The first-order valence-electron chi connectivity index (χ1n) is 14.8. The number of amides is 5. The molecule has 0 spiro atoms. The minimum absolute atomic E-state index is 0.149. The summed E-state index contributed by atoms with van der Waals surface area (Å²) in [5.74, 6) is -0.336. The highest BCUT2D eigenvalue weighted by molar-refractivity contribution is 6.02. The number of likely N-dealkylation sites (N-methyl/N-ethyl adjacent to an activating group) is 1. The fraction of sp³-hybridized carbons (Fsp3) is 0.516. The molecule has 10 nitrogen and oxygen atoms in total. The number of urea groups is 2. The second-order valence-corrected chi connectivity index (χ2v) is 11.7. The number of aliphatic hydroxyl groups is 1. The predicted octanol–water partition coefficient (Wildman–Crippen LogP) is 5.54. The van der Waals surface area contributed by atoms with E-state index in [0.717, 1.165) is 49.9 Å². The Balaban J connectivity index is 1.51. The number of anilines is 2. The summed E-state index contributed by atoms with van der Waals surface area (Å²) in [7, 11) is 1.70. The normalized spacial score (nSPS) is 20.0. The van der Waals surface area contributed by atoms with Gasteiger partial charge in [-0.1, -0.05) is 26.2 Å². The van der Waals surface area contributed by atoms with Crippen LogP contribution in [0, 0.1) is 5.92 Å². The molecular weight excluding hydrogens is 579 g/mol. The lowest BCUT2D eigenvalue weighted by Crippen LogP contribution is -2.52. The van der Waals surface area contributed by atoms with Crippen molar-refractivity contribution in [1.29, 1.82) is 0 Å². The van der Waals surface area contributed by atoms with Gasteiger partial charge in [0.2, 0.25) is 0 Å². The van der Waals surface area contributed by atoms with Crippen LogP contribution in [-0.2, 0) is 6.18 Å². The molecule has 1 aliphatic heterocycles. The highest BCUT2D eigenvalue weighted by Crippen LogP contribution is 2.32. The zero-order chi connectivity index (χ0) is 32.0. The zero-order valence-electron chi connectivity index (χ0n) is 25.1. The van der Waals surface area contributed by atoms with Gasteiger partial charge in [-0.3, -0.25) is 4.79 Å². The molecule has 1 heterocycles. The molecule has 1 saturated carbocycles. The Labute approximate surface area is 254 Å². The molecule has 4 N–H and O–H groups in total. The monoisotopic (exact) mass is 619 g/mol. The molecule has 13 heteroatoms. The summed E-state index contributed by atoms with van der Waals surface area (Å²) in [6.45, 7) is 3.90. The van der Waals surface area contributed by atoms with Crippen molar-refractivity contribution >= 4 is 29.3 Å². The van der Waals surface area contributed by atoms with Gasteiger partial charge in [0, 0.05) is 36.9 Å². The average Bonchev–Trinajstić information content (AvgIpc) is 2.99. The molecule has 240 valence electrons. The molecule has 1 fully saturated rings. The van der Waals surface area contributed by atoms with Crippen molar-refractivity contribution in [1.82, 2.24) is 15.1 Å². The van der Waals surface area contributed by atoms with E-state index in [1.807, 2.05) is 6.92 Å². The maximum absolute atomic E-state index is 13.7. The lowest BCUT2D eigenvalue weighted by atomic mass is 9.96. The van der Waals surface area contributed by atoms with Crippen molar-refractivity contribution in [3.63, 3.8) is 0 Å². The number of fused-ring (bicyclic) bond motifs is 1. The van der Waals surface area contributed by atoms with Gasteiger partial charge in [0.15, 0.2) is 0 Å². The maximum Gasteiger partial charge on any atom is 0.416 e. The summed E-state index contributed by atoms with van der Waals surface area (Å²) < 4.78 is 44.9. The van der Waals surface area contributed by atoms with Crippen LogP contribution >= 0.6 is 0 Å². The molecule has 0 radical (unpaired) electrons. The van der Waals surface area contributed by atoms with Gasteiger partial charge < -0.3 is 35.6 Å². The molecule has 44 heavy (non-hydrogen) atoms. The SMILES string of the molecule is C[C@@H]1CN([C@@H](C)CO)C(=O)c2cc(NC(=O)Nc3ccc(C(F)(F)F)cc3)ccc2O[C@H]1CN(C)C(=O)NC1CCCCC1. The van der Waals surface area contributed by atoms with Gasteiger partial charge in [-0.25, -0.2) is 9.59 Å². The number of ether oxygens (including phenoxy) is 1. The fourth-order valence-corrected chi connectivity index (χ4v) is 5.44. The van der Waals surface area contributed by atoms with E-state index < -0.39 is 35.8 Å². The van der Waals surface area contributed by atoms with Crippen LogP contribution in [0.3, 0.4) is 0 Å². The van der Waals surface area contributed by atoms with Crippen molar-refractivity contribution < 1.29 is 37.4 Å². The number of hydrogen-bond donors (Lipinski definition) is 4. The topological polar surface area (TPSA) is 123 Å². The molecule has 0 unspecified atom stereocenters. The number of rotatable bonds is 7. The highest BCUT2D eigenvalue weighted by Gasteiger charge is 2.34. The Kier molecular flexibility index (Phi) is 10.6. The van der Waals surface area contributed by atoms with Crippen LogP contribution in [0.25, 0.3) is 0 Å². The largest absolute Gasteiger partial charge is 0.487 e. The Morgan fingerprint density at radius 3 is 2.34 bits per heavy atom. The molecule has 0 saturated heterocycles. The van der Waals surface area contributed by atoms with Crippen LogP contribution in [0.15, 0.2) is 42.5 Å². The van der Waals surface area contributed by atoms with E-state index in [1.54, 1.807) is 35.9 Å². The van der Waals surface area contributed by atoms with E-state index >= 15 is 0 Å². The lowest BCUT2D eigenvalue weighted by Gasteiger charge is -2.38. The number of carbonyl (C=O) groups excluding carboxylic acids is 3. The molecule has 2 aliphatic rings. The summed E-state index contributed by atoms with van der Waals surface area (Å²) in [4.78, 5) is 42.4. The molecule has 5 amide bonds. The van der Waals surface area contributed by atoms with Crippen molar-refractivity contribution in [2.24, 2.45) is 5.92 Å². The van der Waals surface area contributed by atoms with Crippen LogP contribution < -0.4 is 20.7 Å². The van der Waals surface area contributed by atoms with E-state index in [0.29, 0.717) is 0 Å². The summed E-state index contributed by atoms with van der Waals surface area (Å²) >= 11 is 0. The maximum atomic E-state index is 13.7. The van der Waals surface area contributed by atoms with Gasteiger partial charge in [0.1, 0.15) is 11.9 Å². The van der Waals surface area contributed by atoms with E-state index in [2.05, 4.69) is 16.0 Å². The summed E-state index contributed by atoms with van der Waals surface area (Å²) in [6.07, 6.45) is 0.293. The molecule has 0 aromatic heterocycles. The van der Waals surface area contributed by atoms with Gasteiger partial charge in [-0.05, 0) is 62.2 Å². The third-order valence-corrected chi connectivity index (χ3v) is 8.13. The van der Waals surface area contributed by atoms with Crippen molar-refractivity contribution in [3.05, 3.63) is 53.6 Å². The third kappa shape index (κ3) is 8.34. The zero-order valence-corrected chi connectivity index (χ0v) is 25.1. The molecule has 2 aromatic rings. The first-order chi connectivity index (χ1) is 20.8. The number of benzene rings is 2. The van der Waals surface area contributed by atoms with Gasteiger partial charge in [0.25, 0.3) is 5.91 Å².